The normalized spacial score (nSPS) is 10.8. The van der Waals surface area contributed by atoms with Crippen LogP contribution in [0.25, 0.3) is 11.0 Å². The van der Waals surface area contributed by atoms with E-state index in [0.717, 1.165) is 16.7 Å². The summed E-state index contributed by atoms with van der Waals surface area (Å²) in [5, 5.41) is 2.35. The zero-order chi connectivity index (χ0) is 17.3. The highest BCUT2D eigenvalue weighted by atomic mass is 19.2. The summed E-state index contributed by atoms with van der Waals surface area (Å²) in [7, 11) is 0. The van der Waals surface area contributed by atoms with Crippen molar-refractivity contribution in [1.29, 1.82) is 0 Å². The van der Waals surface area contributed by atoms with Crippen LogP contribution < -0.4 is 16.4 Å². The highest BCUT2D eigenvalue weighted by Gasteiger charge is 2.12. The van der Waals surface area contributed by atoms with Gasteiger partial charge in [-0.25, -0.2) is 8.78 Å². The number of rotatable bonds is 3. The van der Waals surface area contributed by atoms with Gasteiger partial charge in [-0.1, -0.05) is 12.1 Å². The molecular formula is C16H11F2N3O3. The van der Waals surface area contributed by atoms with Crippen molar-refractivity contribution >= 4 is 22.6 Å². The van der Waals surface area contributed by atoms with E-state index in [1.54, 1.807) is 24.3 Å². The molecule has 24 heavy (non-hydrogen) atoms. The molecule has 6 nitrogen and oxygen atoms in total. The first-order valence-electron chi connectivity index (χ1n) is 6.92. The first-order chi connectivity index (χ1) is 11.5. The number of para-hydroxylation sites is 2. The molecule has 0 aliphatic heterocycles. The second-order valence-electron chi connectivity index (χ2n) is 5.04. The average molecular weight is 331 g/mol. The van der Waals surface area contributed by atoms with Gasteiger partial charge in [0, 0.05) is 11.8 Å². The standard InChI is InChI=1S/C16H11F2N3O3/c17-10-6-5-9(7-11(10)18)19-14(22)8-21-13-4-2-1-3-12(13)20-15(23)16(21)24/h1-7H,8H2,(H,19,22)(H,20,23). The van der Waals surface area contributed by atoms with Crippen LogP contribution in [-0.4, -0.2) is 15.5 Å². The smallest absolute Gasteiger partial charge is 0.317 e. The average Bonchev–Trinajstić information content (AvgIpc) is 2.55. The van der Waals surface area contributed by atoms with Crippen molar-refractivity contribution in [3.63, 3.8) is 0 Å². The zero-order valence-electron chi connectivity index (χ0n) is 12.2. The second-order valence-corrected chi connectivity index (χ2v) is 5.04. The predicted molar refractivity (Wildman–Crippen MR) is 83.8 cm³/mol. The van der Waals surface area contributed by atoms with Gasteiger partial charge in [-0.3, -0.25) is 19.0 Å². The highest BCUT2D eigenvalue weighted by Crippen LogP contribution is 2.13. The van der Waals surface area contributed by atoms with Crippen LogP contribution in [0.1, 0.15) is 0 Å². The first-order valence-corrected chi connectivity index (χ1v) is 6.92. The number of aromatic nitrogens is 2. The molecular weight excluding hydrogens is 320 g/mol. The number of aromatic amines is 1. The summed E-state index contributed by atoms with van der Waals surface area (Å²) in [5.41, 5.74) is -0.908. The number of hydrogen-bond acceptors (Lipinski definition) is 3. The molecule has 2 aromatic carbocycles. The van der Waals surface area contributed by atoms with Gasteiger partial charge in [0.1, 0.15) is 6.54 Å². The maximum Gasteiger partial charge on any atom is 0.317 e. The van der Waals surface area contributed by atoms with Gasteiger partial charge in [-0.05, 0) is 24.3 Å². The lowest BCUT2D eigenvalue weighted by atomic mass is 10.3. The van der Waals surface area contributed by atoms with Gasteiger partial charge in [0.2, 0.25) is 5.91 Å². The minimum absolute atomic E-state index is 0.0427. The van der Waals surface area contributed by atoms with Crippen LogP contribution in [0.15, 0.2) is 52.1 Å². The van der Waals surface area contributed by atoms with Crippen LogP contribution >= 0.6 is 0 Å². The van der Waals surface area contributed by atoms with Crippen molar-refractivity contribution in [1.82, 2.24) is 9.55 Å². The summed E-state index contributed by atoms with van der Waals surface area (Å²) in [6.45, 7) is -0.442. The first kappa shape index (κ1) is 15.6. The van der Waals surface area contributed by atoms with Crippen molar-refractivity contribution < 1.29 is 13.6 Å². The van der Waals surface area contributed by atoms with Gasteiger partial charge < -0.3 is 10.3 Å². The van der Waals surface area contributed by atoms with E-state index in [4.69, 9.17) is 0 Å². The van der Waals surface area contributed by atoms with E-state index >= 15 is 0 Å². The molecule has 1 aromatic heterocycles. The maximum absolute atomic E-state index is 13.2. The summed E-state index contributed by atoms with van der Waals surface area (Å²) in [5.74, 6) is -2.80. The van der Waals surface area contributed by atoms with Crippen LogP contribution in [-0.2, 0) is 11.3 Å². The third-order valence-electron chi connectivity index (χ3n) is 3.39. The molecule has 2 N–H and O–H groups in total. The molecule has 0 saturated carbocycles. The van der Waals surface area contributed by atoms with E-state index in [0.29, 0.717) is 11.0 Å². The van der Waals surface area contributed by atoms with Gasteiger partial charge in [0.15, 0.2) is 11.6 Å². The summed E-state index contributed by atoms with van der Waals surface area (Å²) < 4.78 is 27.1. The molecule has 8 heteroatoms. The molecule has 122 valence electrons. The van der Waals surface area contributed by atoms with Crippen LogP contribution in [0.3, 0.4) is 0 Å². The van der Waals surface area contributed by atoms with Gasteiger partial charge in [0.25, 0.3) is 0 Å². The summed E-state index contributed by atoms with van der Waals surface area (Å²) in [6, 6.07) is 9.40. The number of H-pyrrole nitrogens is 1. The molecule has 0 spiro atoms. The molecule has 0 saturated heterocycles. The molecule has 0 fully saturated rings. The van der Waals surface area contributed by atoms with Gasteiger partial charge in [-0.2, -0.15) is 0 Å². The Morgan fingerprint density at radius 1 is 1.08 bits per heavy atom. The Kier molecular flexibility index (Phi) is 3.95. The summed E-state index contributed by atoms with van der Waals surface area (Å²) in [4.78, 5) is 38.2. The number of carbonyl (C=O) groups is 1. The number of amides is 1. The number of benzene rings is 2. The van der Waals surface area contributed by atoms with E-state index < -0.39 is 35.2 Å². The topological polar surface area (TPSA) is 84.0 Å². The summed E-state index contributed by atoms with van der Waals surface area (Å²) >= 11 is 0. The van der Waals surface area contributed by atoms with Crippen molar-refractivity contribution in [2.45, 2.75) is 6.54 Å². The molecule has 0 unspecified atom stereocenters. The molecule has 0 atom stereocenters. The Labute approximate surface area is 133 Å². The van der Waals surface area contributed by atoms with Crippen molar-refractivity contribution in [3.8, 4) is 0 Å². The molecule has 0 aliphatic carbocycles. The molecule has 0 aliphatic rings. The molecule has 0 bridgehead atoms. The zero-order valence-corrected chi connectivity index (χ0v) is 12.2. The molecule has 1 heterocycles. The number of nitrogens with zero attached hydrogens (tertiary/aromatic N) is 1. The second kappa shape index (κ2) is 6.07. The van der Waals surface area contributed by atoms with Crippen molar-refractivity contribution in [2.75, 3.05) is 5.32 Å². The lowest BCUT2D eigenvalue weighted by molar-refractivity contribution is -0.116. The van der Waals surface area contributed by atoms with Crippen LogP contribution in [0, 0.1) is 11.6 Å². The number of halogens is 2. The van der Waals surface area contributed by atoms with Gasteiger partial charge in [0.05, 0.1) is 11.0 Å². The Bertz CT molecular complexity index is 1060. The number of anilines is 1. The van der Waals surface area contributed by atoms with Crippen molar-refractivity contribution in [3.05, 3.63) is 74.8 Å². The third-order valence-corrected chi connectivity index (χ3v) is 3.39. The highest BCUT2D eigenvalue weighted by molar-refractivity contribution is 5.91. The number of nitrogens with one attached hydrogen (secondary N) is 2. The third kappa shape index (κ3) is 2.94. The largest absolute Gasteiger partial charge is 0.324 e. The minimum atomic E-state index is -1.11. The lowest BCUT2D eigenvalue weighted by Gasteiger charge is -2.10. The van der Waals surface area contributed by atoms with E-state index in [9.17, 15) is 23.2 Å². The Morgan fingerprint density at radius 2 is 1.83 bits per heavy atom. The van der Waals surface area contributed by atoms with Crippen molar-refractivity contribution in [2.24, 2.45) is 0 Å². The van der Waals surface area contributed by atoms with E-state index in [1.807, 2.05) is 0 Å². The quantitative estimate of drug-likeness (QED) is 0.715. The van der Waals surface area contributed by atoms with Crippen LogP contribution in [0.2, 0.25) is 0 Å². The number of hydrogen-bond donors (Lipinski definition) is 2. The fourth-order valence-electron chi connectivity index (χ4n) is 2.30. The van der Waals surface area contributed by atoms with Crippen LogP contribution in [0.5, 0.6) is 0 Å². The van der Waals surface area contributed by atoms with Gasteiger partial charge in [-0.15, -0.1) is 0 Å². The monoisotopic (exact) mass is 331 g/mol. The predicted octanol–water partition coefficient (Wildman–Crippen LogP) is 1.61. The number of fused-ring (bicyclic) bond motifs is 1. The van der Waals surface area contributed by atoms with E-state index in [1.165, 1.54) is 6.07 Å². The van der Waals surface area contributed by atoms with Crippen LogP contribution in [0.4, 0.5) is 14.5 Å². The number of carbonyl (C=O) groups excluding carboxylic acids is 1. The molecule has 1 amide bonds. The lowest BCUT2D eigenvalue weighted by Crippen LogP contribution is -2.38. The molecule has 0 radical (unpaired) electrons. The Balaban J connectivity index is 1.93. The maximum atomic E-state index is 13.2. The fourth-order valence-corrected chi connectivity index (χ4v) is 2.30. The minimum Gasteiger partial charge on any atom is -0.324 e. The fraction of sp³-hybridized carbons (Fsp3) is 0.0625. The summed E-state index contributed by atoms with van der Waals surface area (Å²) in [6.07, 6.45) is 0. The Hall–Kier alpha value is -3.29. The van der Waals surface area contributed by atoms with E-state index in [-0.39, 0.29) is 5.69 Å². The molecule has 3 rings (SSSR count). The molecule has 3 aromatic rings. The SMILES string of the molecule is O=C(Cn1c(=O)c(=O)[nH]c2ccccc21)Nc1ccc(F)c(F)c1. The van der Waals surface area contributed by atoms with E-state index in [2.05, 4.69) is 10.3 Å². The van der Waals surface area contributed by atoms with Gasteiger partial charge >= 0.3 is 11.1 Å². The Morgan fingerprint density at radius 3 is 2.58 bits per heavy atom.